The van der Waals surface area contributed by atoms with Crippen molar-refractivity contribution in [2.75, 3.05) is 0 Å². The third kappa shape index (κ3) is 6.96. The maximum Gasteiger partial charge on any atom is 0.165 e. The van der Waals surface area contributed by atoms with Crippen LogP contribution < -0.4 is 0 Å². The zero-order valence-electron chi connectivity index (χ0n) is 38.5. The lowest BCUT2D eigenvalue weighted by atomic mass is 9.89. The molecule has 4 nitrogen and oxygen atoms in total. The first-order chi connectivity index (χ1) is 35.2. The molecule has 0 bridgehead atoms. The van der Waals surface area contributed by atoms with Crippen LogP contribution >= 0.6 is 0 Å². The smallest absolute Gasteiger partial charge is 0.165 e. The molecular formula is C67H42N4. The van der Waals surface area contributed by atoms with Crippen molar-refractivity contribution in [2.45, 2.75) is 0 Å². The molecule has 0 unspecified atom stereocenters. The summed E-state index contributed by atoms with van der Waals surface area (Å²) in [6.07, 6.45) is 0. The van der Waals surface area contributed by atoms with Gasteiger partial charge in [0, 0.05) is 38.2 Å². The number of hydrogen-bond donors (Lipinski definition) is 0. The maximum atomic E-state index is 5.54. The Hall–Kier alpha value is -9.51. The zero-order valence-corrected chi connectivity index (χ0v) is 38.5. The Morgan fingerprint density at radius 2 is 0.775 bits per heavy atom. The Morgan fingerprint density at radius 1 is 0.254 bits per heavy atom. The van der Waals surface area contributed by atoms with Crippen LogP contribution in [0.4, 0.5) is 0 Å². The van der Waals surface area contributed by atoms with Crippen molar-refractivity contribution in [1.29, 1.82) is 0 Å². The molecule has 2 heterocycles. The quantitative estimate of drug-likeness (QED) is 0.160. The molecule has 14 aromatic rings. The van der Waals surface area contributed by atoms with Crippen LogP contribution in [0.3, 0.4) is 0 Å². The lowest BCUT2D eigenvalue weighted by Crippen LogP contribution is -2.04. The normalized spacial score (nSPS) is 11.7. The number of rotatable bonds is 7. The van der Waals surface area contributed by atoms with Gasteiger partial charge < -0.3 is 4.57 Å². The van der Waals surface area contributed by atoms with E-state index in [9.17, 15) is 0 Å². The van der Waals surface area contributed by atoms with E-state index in [1.54, 1.807) is 0 Å². The van der Waals surface area contributed by atoms with E-state index in [2.05, 4.69) is 241 Å². The minimum absolute atomic E-state index is 0.603. The molecule has 0 aliphatic rings. The van der Waals surface area contributed by atoms with Gasteiger partial charge in [0.25, 0.3) is 0 Å². The second kappa shape index (κ2) is 16.6. The molecule has 0 radical (unpaired) electrons. The summed E-state index contributed by atoms with van der Waals surface area (Å²) in [4.78, 5) is 16.3. The molecule has 0 N–H and O–H groups in total. The van der Waals surface area contributed by atoms with Gasteiger partial charge in [0.2, 0.25) is 0 Å². The van der Waals surface area contributed by atoms with Crippen LogP contribution in [-0.4, -0.2) is 19.5 Å². The van der Waals surface area contributed by atoms with Crippen molar-refractivity contribution in [2.24, 2.45) is 0 Å². The van der Waals surface area contributed by atoms with Gasteiger partial charge in [0.15, 0.2) is 17.5 Å². The van der Waals surface area contributed by atoms with Crippen molar-refractivity contribution in [1.82, 2.24) is 19.5 Å². The average molecular weight is 903 g/mol. The first-order valence-electron chi connectivity index (χ1n) is 24.2. The molecule has 330 valence electrons. The summed E-state index contributed by atoms with van der Waals surface area (Å²) in [5.41, 5.74) is 12.8. The van der Waals surface area contributed by atoms with E-state index < -0.39 is 0 Å². The summed E-state index contributed by atoms with van der Waals surface area (Å²) in [7, 11) is 0. The number of hydrogen-bond acceptors (Lipinski definition) is 3. The van der Waals surface area contributed by atoms with Crippen molar-refractivity contribution in [3.8, 4) is 73.2 Å². The van der Waals surface area contributed by atoms with Gasteiger partial charge in [-0.3, -0.25) is 0 Å². The van der Waals surface area contributed by atoms with Gasteiger partial charge in [-0.1, -0.05) is 218 Å². The van der Waals surface area contributed by atoms with Gasteiger partial charge in [0.05, 0.1) is 16.7 Å². The highest BCUT2D eigenvalue weighted by molar-refractivity contribution is 6.22. The third-order valence-electron chi connectivity index (χ3n) is 14.2. The standard InChI is InChI=1S/C67H42N4/c1-4-17-43(18-5-1)49-28-16-29-50(37-49)53-34-35-56-60(40-53)63(67-69-65(47-23-8-3-9-24-47)68-66(70-67)54-32-31-44-19-10-11-25-48(44)38-54)58(45-20-6-2-7-21-45)42-62(56)71-61-41-52-27-13-12-26-51(52)39-59(61)57-36-33-46-22-14-15-30-55(46)64(57)71/h1-42H. The summed E-state index contributed by atoms with van der Waals surface area (Å²) in [6, 6.07) is 91.6. The Bertz CT molecular complexity index is 4390. The molecule has 0 atom stereocenters. The highest BCUT2D eigenvalue weighted by Gasteiger charge is 2.25. The lowest BCUT2D eigenvalue weighted by Gasteiger charge is -2.21. The molecule has 0 aliphatic carbocycles. The number of benzene rings is 12. The molecule has 4 heteroatoms. The predicted octanol–water partition coefficient (Wildman–Crippen LogP) is 17.6. The van der Waals surface area contributed by atoms with Crippen LogP contribution in [0.15, 0.2) is 255 Å². The molecule has 14 rings (SSSR count). The molecule has 0 amide bonds. The van der Waals surface area contributed by atoms with E-state index in [1.807, 2.05) is 18.2 Å². The minimum atomic E-state index is 0.603. The highest BCUT2D eigenvalue weighted by atomic mass is 15.0. The molecule has 0 fully saturated rings. The van der Waals surface area contributed by atoms with Crippen molar-refractivity contribution >= 4 is 64.9 Å². The van der Waals surface area contributed by atoms with Gasteiger partial charge >= 0.3 is 0 Å². The summed E-state index contributed by atoms with van der Waals surface area (Å²) >= 11 is 0. The first-order valence-corrected chi connectivity index (χ1v) is 24.2. The predicted molar refractivity (Wildman–Crippen MR) is 297 cm³/mol. The number of fused-ring (bicyclic) bond motifs is 8. The Balaban J connectivity index is 1.14. The minimum Gasteiger partial charge on any atom is -0.308 e. The molecule has 71 heavy (non-hydrogen) atoms. The van der Waals surface area contributed by atoms with Gasteiger partial charge in [-0.15, -0.1) is 0 Å². The van der Waals surface area contributed by atoms with Crippen LogP contribution in [0.2, 0.25) is 0 Å². The fourth-order valence-electron chi connectivity index (χ4n) is 10.7. The Kier molecular flexibility index (Phi) is 9.49. The molecular weight excluding hydrogens is 861 g/mol. The Morgan fingerprint density at radius 3 is 1.52 bits per heavy atom. The molecule has 12 aromatic carbocycles. The summed E-state index contributed by atoms with van der Waals surface area (Å²) in [5.74, 6) is 1.83. The summed E-state index contributed by atoms with van der Waals surface area (Å²) in [6.45, 7) is 0. The van der Waals surface area contributed by atoms with Gasteiger partial charge in [0.1, 0.15) is 0 Å². The largest absolute Gasteiger partial charge is 0.308 e. The lowest BCUT2D eigenvalue weighted by molar-refractivity contribution is 1.08. The first kappa shape index (κ1) is 40.5. The summed E-state index contributed by atoms with van der Waals surface area (Å²) in [5, 5.41) is 11.6. The van der Waals surface area contributed by atoms with Crippen LogP contribution in [0.5, 0.6) is 0 Å². The SMILES string of the molecule is c1ccc(-c2cccc(-c3ccc4c(-n5c6cc7ccccc7cc6c6ccc7ccccc7c65)cc(-c5ccccc5)c(-c5nc(-c6ccccc6)nc(-c6ccc7ccccc7c6)n5)c4c3)c2)cc1. The van der Waals surface area contributed by atoms with Crippen LogP contribution in [0.1, 0.15) is 0 Å². The molecule has 0 spiro atoms. The fourth-order valence-corrected chi connectivity index (χ4v) is 10.7. The maximum absolute atomic E-state index is 5.54. The van der Waals surface area contributed by atoms with Gasteiger partial charge in [-0.2, -0.15) is 0 Å². The van der Waals surface area contributed by atoms with Crippen LogP contribution in [0, 0.1) is 0 Å². The van der Waals surface area contributed by atoms with Crippen LogP contribution in [-0.2, 0) is 0 Å². The van der Waals surface area contributed by atoms with Crippen LogP contribution in [0.25, 0.3) is 138 Å². The monoisotopic (exact) mass is 902 g/mol. The molecule has 0 saturated carbocycles. The zero-order chi connectivity index (χ0) is 46.8. The highest BCUT2D eigenvalue weighted by Crippen LogP contribution is 2.46. The number of nitrogens with zero attached hydrogens (tertiary/aromatic N) is 4. The van der Waals surface area contributed by atoms with E-state index in [0.29, 0.717) is 17.5 Å². The topological polar surface area (TPSA) is 43.6 Å². The van der Waals surface area contributed by atoms with Crippen molar-refractivity contribution in [3.05, 3.63) is 255 Å². The average Bonchev–Trinajstić information content (AvgIpc) is 3.78. The number of aromatic nitrogens is 4. The molecule has 2 aromatic heterocycles. The fraction of sp³-hybridized carbons (Fsp3) is 0. The van der Waals surface area contributed by atoms with Crippen molar-refractivity contribution < 1.29 is 0 Å². The van der Waals surface area contributed by atoms with Gasteiger partial charge in [-0.25, -0.2) is 15.0 Å². The van der Waals surface area contributed by atoms with E-state index in [4.69, 9.17) is 15.0 Å². The Labute approximate surface area is 410 Å². The van der Waals surface area contributed by atoms with E-state index in [1.165, 1.54) is 43.4 Å². The van der Waals surface area contributed by atoms with Crippen molar-refractivity contribution in [3.63, 3.8) is 0 Å². The third-order valence-corrected chi connectivity index (χ3v) is 14.2. The van der Waals surface area contributed by atoms with E-state index in [0.717, 1.165) is 77.3 Å². The van der Waals surface area contributed by atoms with E-state index >= 15 is 0 Å². The summed E-state index contributed by atoms with van der Waals surface area (Å²) < 4.78 is 2.52. The molecule has 0 saturated heterocycles. The molecule has 0 aliphatic heterocycles. The van der Waals surface area contributed by atoms with Gasteiger partial charge in [-0.05, 0) is 102 Å². The second-order valence-electron chi connectivity index (χ2n) is 18.4. The second-order valence-corrected chi connectivity index (χ2v) is 18.4. The van der Waals surface area contributed by atoms with E-state index in [-0.39, 0.29) is 0 Å².